The normalized spacial score (nSPS) is 10.5. The average molecular weight is 234 g/mol. The van der Waals surface area contributed by atoms with E-state index in [0.717, 1.165) is 22.3 Å². The Morgan fingerprint density at radius 2 is 1.56 bits per heavy atom. The van der Waals surface area contributed by atoms with Gasteiger partial charge in [-0.15, -0.1) is 0 Å². The number of pyridine rings is 1. The van der Waals surface area contributed by atoms with Crippen molar-refractivity contribution in [1.82, 2.24) is 4.98 Å². The Bertz CT molecular complexity index is 662. The first-order valence-electron chi connectivity index (χ1n) is 5.98. The van der Waals surface area contributed by atoms with Crippen LogP contribution in [0, 0.1) is 0 Å². The number of hydrogen-bond donors (Lipinski definition) is 0. The van der Waals surface area contributed by atoms with Gasteiger partial charge in [-0.2, -0.15) is 0 Å². The molecule has 0 aliphatic heterocycles. The highest BCUT2D eigenvalue weighted by molar-refractivity contribution is 5.82. The van der Waals surface area contributed by atoms with Crippen molar-refractivity contribution < 1.29 is 0 Å². The van der Waals surface area contributed by atoms with E-state index in [4.69, 9.17) is 0 Å². The summed E-state index contributed by atoms with van der Waals surface area (Å²) in [6.45, 7) is 0. The van der Waals surface area contributed by atoms with E-state index < -0.39 is 0 Å². The number of hydrogen-bond acceptors (Lipinski definition) is 2. The number of aromatic nitrogens is 1. The first-order chi connectivity index (χ1) is 8.84. The Labute approximate surface area is 107 Å². The van der Waals surface area contributed by atoms with Gasteiger partial charge in [0.2, 0.25) is 0 Å². The molecule has 1 aromatic heterocycles. The van der Waals surface area contributed by atoms with E-state index in [-0.39, 0.29) is 0 Å². The molecule has 3 aromatic rings. The summed E-state index contributed by atoms with van der Waals surface area (Å²) >= 11 is 0. The zero-order valence-corrected chi connectivity index (χ0v) is 10.2. The fraction of sp³-hybridized carbons (Fsp3) is 0.0625. The molecular weight excluding hydrogens is 220 g/mol. The van der Waals surface area contributed by atoms with Crippen molar-refractivity contribution in [2.24, 2.45) is 0 Å². The lowest BCUT2D eigenvalue weighted by atomic mass is 10.2. The van der Waals surface area contributed by atoms with E-state index in [1.54, 1.807) is 0 Å². The Kier molecular flexibility index (Phi) is 2.69. The van der Waals surface area contributed by atoms with Gasteiger partial charge in [0.05, 0.1) is 17.4 Å². The molecule has 2 aromatic carbocycles. The molecule has 1 heterocycles. The number of fused-ring (bicyclic) bond motifs is 1. The fourth-order valence-electron chi connectivity index (χ4n) is 2.04. The molecule has 0 N–H and O–H groups in total. The molecule has 0 bridgehead atoms. The van der Waals surface area contributed by atoms with Crippen molar-refractivity contribution in [2.45, 2.75) is 0 Å². The first kappa shape index (κ1) is 10.8. The predicted octanol–water partition coefficient (Wildman–Crippen LogP) is 4.00. The van der Waals surface area contributed by atoms with Gasteiger partial charge in [-0.1, -0.05) is 36.4 Å². The van der Waals surface area contributed by atoms with Crippen LogP contribution in [-0.2, 0) is 0 Å². The number of anilines is 2. The lowest BCUT2D eigenvalue weighted by Crippen LogP contribution is -2.09. The number of para-hydroxylation sites is 2. The van der Waals surface area contributed by atoms with Crippen molar-refractivity contribution >= 4 is 22.3 Å². The van der Waals surface area contributed by atoms with E-state index in [2.05, 4.69) is 41.2 Å². The van der Waals surface area contributed by atoms with Gasteiger partial charge >= 0.3 is 0 Å². The molecular formula is C16H14N2. The fourth-order valence-corrected chi connectivity index (χ4v) is 2.04. The van der Waals surface area contributed by atoms with Crippen LogP contribution in [0.4, 0.5) is 11.4 Å². The summed E-state index contributed by atoms with van der Waals surface area (Å²) in [5, 5.41) is 1.16. The third-order valence-electron chi connectivity index (χ3n) is 3.11. The molecule has 0 fully saturated rings. The van der Waals surface area contributed by atoms with Gasteiger partial charge < -0.3 is 4.90 Å². The third-order valence-corrected chi connectivity index (χ3v) is 3.11. The molecule has 0 amide bonds. The number of nitrogens with zero attached hydrogens (tertiary/aromatic N) is 2. The molecule has 2 nitrogen and oxygen atoms in total. The van der Waals surface area contributed by atoms with E-state index in [9.17, 15) is 0 Å². The second kappa shape index (κ2) is 4.49. The zero-order valence-electron chi connectivity index (χ0n) is 10.2. The summed E-state index contributed by atoms with van der Waals surface area (Å²) in [6.07, 6.45) is 1.91. The standard InChI is InChI=1S/C16H14N2/c1-18(14-8-3-2-4-9-14)15-11-13-7-5-6-10-16(13)17-12-15/h2-12H,1H3. The highest BCUT2D eigenvalue weighted by atomic mass is 15.1. The molecule has 2 heteroatoms. The van der Waals surface area contributed by atoms with Gasteiger partial charge in [0, 0.05) is 18.1 Å². The van der Waals surface area contributed by atoms with Crippen molar-refractivity contribution in [3.05, 3.63) is 66.9 Å². The van der Waals surface area contributed by atoms with Gasteiger partial charge in [0.15, 0.2) is 0 Å². The topological polar surface area (TPSA) is 16.1 Å². The lowest BCUT2D eigenvalue weighted by Gasteiger charge is -2.19. The molecule has 18 heavy (non-hydrogen) atoms. The Hall–Kier alpha value is -2.35. The van der Waals surface area contributed by atoms with Gasteiger partial charge in [-0.3, -0.25) is 4.98 Å². The molecule has 3 rings (SSSR count). The van der Waals surface area contributed by atoms with E-state index in [1.807, 2.05) is 42.6 Å². The van der Waals surface area contributed by atoms with Crippen LogP contribution in [0.1, 0.15) is 0 Å². The predicted molar refractivity (Wildman–Crippen MR) is 76.2 cm³/mol. The minimum absolute atomic E-state index is 1.03. The first-order valence-corrected chi connectivity index (χ1v) is 5.98. The van der Waals surface area contributed by atoms with Crippen LogP contribution in [0.3, 0.4) is 0 Å². The average Bonchev–Trinajstić information content (AvgIpc) is 2.47. The van der Waals surface area contributed by atoms with Gasteiger partial charge in [0.1, 0.15) is 0 Å². The molecule has 88 valence electrons. The molecule has 0 radical (unpaired) electrons. The van der Waals surface area contributed by atoms with Crippen molar-refractivity contribution in [1.29, 1.82) is 0 Å². The Balaban J connectivity index is 2.04. The number of benzene rings is 2. The van der Waals surface area contributed by atoms with Crippen molar-refractivity contribution in [2.75, 3.05) is 11.9 Å². The summed E-state index contributed by atoms with van der Waals surface area (Å²) in [6, 6.07) is 20.6. The van der Waals surface area contributed by atoms with Crippen LogP contribution >= 0.6 is 0 Å². The second-order valence-electron chi connectivity index (χ2n) is 4.28. The largest absolute Gasteiger partial charge is 0.343 e. The smallest absolute Gasteiger partial charge is 0.0703 e. The van der Waals surface area contributed by atoms with Crippen molar-refractivity contribution in [3.8, 4) is 0 Å². The van der Waals surface area contributed by atoms with Crippen LogP contribution in [0.15, 0.2) is 66.9 Å². The summed E-state index contributed by atoms with van der Waals surface area (Å²) in [5.74, 6) is 0. The molecule has 0 atom stereocenters. The van der Waals surface area contributed by atoms with Crippen LogP contribution in [0.25, 0.3) is 10.9 Å². The summed E-state index contributed by atoms with van der Waals surface area (Å²) in [4.78, 5) is 6.62. The summed E-state index contributed by atoms with van der Waals surface area (Å²) in [7, 11) is 2.06. The van der Waals surface area contributed by atoms with Gasteiger partial charge in [-0.05, 0) is 24.3 Å². The van der Waals surface area contributed by atoms with Crippen LogP contribution in [-0.4, -0.2) is 12.0 Å². The van der Waals surface area contributed by atoms with E-state index in [0.29, 0.717) is 0 Å². The lowest BCUT2D eigenvalue weighted by molar-refractivity contribution is 1.19. The van der Waals surface area contributed by atoms with Crippen LogP contribution in [0.2, 0.25) is 0 Å². The van der Waals surface area contributed by atoms with Gasteiger partial charge in [-0.25, -0.2) is 0 Å². The number of rotatable bonds is 2. The van der Waals surface area contributed by atoms with Gasteiger partial charge in [0.25, 0.3) is 0 Å². The van der Waals surface area contributed by atoms with Crippen LogP contribution in [0.5, 0.6) is 0 Å². The summed E-state index contributed by atoms with van der Waals surface area (Å²) < 4.78 is 0. The maximum atomic E-state index is 4.49. The summed E-state index contributed by atoms with van der Waals surface area (Å²) in [5.41, 5.74) is 3.29. The molecule has 0 saturated heterocycles. The molecule has 0 aliphatic rings. The second-order valence-corrected chi connectivity index (χ2v) is 4.28. The maximum Gasteiger partial charge on any atom is 0.0703 e. The molecule has 0 unspecified atom stereocenters. The van der Waals surface area contributed by atoms with Crippen molar-refractivity contribution in [3.63, 3.8) is 0 Å². The minimum atomic E-state index is 1.03. The zero-order chi connectivity index (χ0) is 12.4. The van der Waals surface area contributed by atoms with Crippen LogP contribution < -0.4 is 4.90 Å². The van der Waals surface area contributed by atoms with E-state index in [1.165, 1.54) is 0 Å². The molecule has 0 spiro atoms. The highest BCUT2D eigenvalue weighted by Crippen LogP contribution is 2.25. The molecule has 0 aliphatic carbocycles. The highest BCUT2D eigenvalue weighted by Gasteiger charge is 2.04. The van der Waals surface area contributed by atoms with E-state index >= 15 is 0 Å². The third kappa shape index (κ3) is 1.93. The minimum Gasteiger partial charge on any atom is -0.343 e. The SMILES string of the molecule is CN(c1ccccc1)c1cnc2ccccc2c1. The quantitative estimate of drug-likeness (QED) is 0.666. The maximum absolute atomic E-state index is 4.49. The monoisotopic (exact) mass is 234 g/mol. The Morgan fingerprint density at radius 3 is 2.39 bits per heavy atom. The Morgan fingerprint density at radius 1 is 0.833 bits per heavy atom. The molecule has 0 saturated carbocycles.